The summed E-state index contributed by atoms with van der Waals surface area (Å²) in [6, 6.07) is 15.9. The number of carboxylic acid groups (broad SMARTS) is 1. The molecule has 260 valence electrons. The number of carboxylic acids is 1. The molecule has 2 heterocycles. The fourth-order valence-corrected chi connectivity index (χ4v) is 6.64. The molecule has 1 fully saturated rings. The second-order valence-electron chi connectivity index (χ2n) is 12.3. The van der Waals surface area contributed by atoms with Crippen molar-refractivity contribution in [1.29, 1.82) is 0 Å². The van der Waals surface area contributed by atoms with Gasteiger partial charge in [0.05, 0.1) is 18.7 Å². The molecule has 0 saturated carbocycles. The summed E-state index contributed by atoms with van der Waals surface area (Å²) in [7, 11) is 0. The minimum absolute atomic E-state index is 0.194. The van der Waals surface area contributed by atoms with Gasteiger partial charge >= 0.3 is 5.97 Å². The Morgan fingerprint density at radius 1 is 1.06 bits per heavy atom. The SMILES string of the molecule is [2H]CC(C)(C)[C@H](NC(=O)CNC(=O)COc1ccc([C@@H]2[C@@H](SCC(O)c3ccc4c(c3)OCCO4)C(=O)N2c2ccc(F)cc2)cc1)C(=O)O. The molecule has 4 N–H and O–H groups in total. The number of hydrogen-bond acceptors (Lipinski definition) is 9. The Bertz CT molecular complexity index is 1710. The number of nitrogens with one attached hydrogen (secondary N) is 2. The highest BCUT2D eigenvalue weighted by molar-refractivity contribution is 8.00. The number of carbonyl (C=O) groups excluding carboxylic acids is 3. The molecule has 0 radical (unpaired) electrons. The van der Waals surface area contributed by atoms with Gasteiger partial charge in [-0.3, -0.25) is 14.4 Å². The van der Waals surface area contributed by atoms with Crippen LogP contribution < -0.4 is 29.7 Å². The van der Waals surface area contributed by atoms with Gasteiger partial charge in [0.2, 0.25) is 11.8 Å². The van der Waals surface area contributed by atoms with Crippen molar-refractivity contribution in [3.05, 3.63) is 83.7 Å². The third-order valence-corrected chi connectivity index (χ3v) is 9.23. The molecular formula is C35H38FN3O9S. The third kappa shape index (κ3) is 8.62. The Hall–Kier alpha value is -4.82. The van der Waals surface area contributed by atoms with Gasteiger partial charge in [-0.15, -0.1) is 11.8 Å². The van der Waals surface area contributed by atoms with E-state index in [1.165, 1.54) is 36.0 Å². The molecule has 5 rings (SSSR count). The fourth-order valence-electron chi connectivity index (χ4n) is 5.34. The van der Waals surface area contributed by atoms with E-state index >= 15 is 0 Å². The predicted octanol–water partition coefficient (Wildman–Crippen LogP) is 3.63. The Labute approximate surface area is 288 Å². The van der Waals surface area contributed by atoms with Crippen LogP contribution in [0.2, 0.25) is 0 Å². The van der Waals surface area contributed by atoms with Crippen LogP contribution in [0.4, 0.5) is 10.1 Å². The fraction of sp³-hybridized carbons (Fsp3) is 0.371. The molecule has 2 aliphatic heterocycles. The van der Waals surface area contributed by atoms with Gasteiger partial charge in [-0.2, -0.15) is 0 Å². The molecule has 1 saturated heterocycles. The number of thioether (sulfide) groups is 1. The van der Waals surface area contributed by atoms with E-state index in [2.05, 4.69) is 10.6 Å². The number of halogens is 1. The Morgan fingerprint density at radius 2 is 1.76 bits per heavy atom. The van der Waals surface area contributed by atoms with Crippen molar-refractivity contribution in [3.8, 4) is 17.2 Å². The molecule has 0 aliphatic carbocycles. The molecule has 2 aliphatic rings. The van der Waals surface area contributed by atoms with Crippen molar-refractivity contribution in [1.82, 2.24) is 10.6 Å². The standard InChI is InChI=1S/C35H38FN3O9S/c1-35(2,3)32(34(44)45)38-28(41)17-37-29(42)18-48-24-11-4-20(5-12-24)30-31(33(43)39(30)23-9-7-22(36)8-10-23)49-19-25(40)21-6-13-26-27(16-21)47-15-14-46-26/h4-13,16,25,30-32,40H,14-15,17-19H2,1-3H3,(H,37,42)(H,38,41)(H,44,45)/t25?,30-,31-,32-/m1/s1/i1D. The first-order valence-corrected chi connectivity index (χ1v) is 16.5. The number of aliphatic hydroxyl groups is 1. The lowest BCUT2D eigenvalue weighted by Crippen LogP contribution is -2.57. The summed E-state index contributed by atoms with van der Waals surface area (Å²) in [5.74, 6) is -1.52. The molecule has 4 atom stereocenters. The van der Waals surface area contributed by atoms with E-state index in [-0.39, 0.29) is 18.6 Å². The Balaban J connectivity index is 1.19. The summed E-state index contributed by atoms with van der Waals surface area (Å²) in [5.41, 5.74) is 0.878. The van der Waals surface area contributed by atoms with E-state index in [9.17, 15) is 33.8 Å². The van der Waals surface area contributed by atoms with Gasteiger partial charge in [0, 0.05) is 12.8 Å². The van der Waals surface area contributed by atoms with Crippen molar-refractivity contribution >= 4 is 41.1 Å². The first kappa shape index (κ1) is 34.1. The molecule has 3 amide bonds. The first-order valence-electron chi connectivity index (χ1n) is 16.2. The zero-order chi connectivity index (χ0) is 36.0. The number of fused-ring (bicyclic) bond motifs is 1. The van der Waals surface area contributed by atoms with Crippen LogP contribution in [-0.2, 0) is 19.2 Å². The molecule has 0 spiro atoms. The van der Waals surface area contributed by atoms with Crippen LogP contribution in [-0.4, -0.2) is 77.3 Å². The molecule has 0 aromatic heterocycles. The van der Waals surface area contributed by atoms with Crippen LogP contribution in [0.3, 0.4) is 0 Å². The topological polar surface area (TPSA) is 164 Å². The second-order valence-corrected chi connectivity index (χ2v) is 13.4. The van der Waals surface area contributed by atoms with Crippen LogP contribution in [0.25, 0.3) is 0 Å². The number of β-lactam (4-membered cyclic amide) rings is 1. The van der Waals surface area contributed by atoms with Gasteiger partial charge < -0.3 is 40.0 Å². The summed E-state index contributed by atoms with van der Waals surface area (Å²) >= 11 is 1.30. The highest BCUT2D eigenvalue weighted by Crippen LogP contribution is 2.46. The van der Waals surface area contributed by atoms with E-state index in [1.807, 2.05) is 0 Å². The van der Waals surface area contributed by atoms with E-state index in [4.69, 9.17) is 15.6 Å². The number of aliphatic carboxylic acids is 1. The molecule has 3 aromatic rings. The van der Waals surface area contributed by atoms with Gasteiger partial charge in [0.25, 0.3) is 5.91 Å². The Kier molecular flexibility index (Phi) is 10.5. The number of amides is 3. The predicted molar refractivity (Wildman–Crippen MR) is 179 cm³/mol. The minimum atomic E-state index is -1.30. The summed E-state index contributed by atoms with van der Waals surface area (Å²) in [4.78, 5) is 51.2. The maximum absolute atomic E-state index is 13.7. The number of aliphatic hydroxyl groups excluding tert-OH is 1. The quantitative estimate of drug-likeness (QED) is 0.194. The smallest absolute Gasteiger partial charge is 0.326 e. The van der Waals surface area contributed by atoms with Crippen LogP contribution in [0, 0.1) is 11.2 Å². The lowest BCUT2D eigenvalue weighted by atomic mass is 9.87. The third-order valence-electron chi connectivity index (χ3n) is 7.91. The average Bonchev–Trinajstić information content (AvgIpc) is 3.11. The summed E-state index contributed by atoms with van der Waals surface area (Å²) in [5, 5.41) is 24.6. The van der Waals surface area contributed by atoms with Gasteiger partial charge in [0.15, 0.2) is 18.1 Å². The Morgan fingerprint density at radius 3 is 2.43 bits per heavy atom. The summed E-state index contributed by atoms with van der Waals surface area (Å²) in [6.07, 6.45) is -0.883. The highest BCUT2D eigenvalue weighted by atomic mass is 32.2. The molecule has 14 heteroatoms. The van der Waals surface area contributed by atoms with Gasteiger partial charge in [-0.1, -0.05) is 38.9 Å². The number of carbonyl (C=O) groups is 4. The lowest BCUT2D eigenvalue weighted by molar-refractivity contribution is -0.144. The summed E-state index contributed by atoms with van der Waals surface area (Å²) in [6.45, 7) is 2.84. The normalized spacial score (nSPS) is 18.4. The first-order chi connectivity index (χ1) is 23.9. The number of rotatable bonds is 13. The van der Waals surface area contributed by atoms with Crippen molar-refractivity contribution in [2.24, 2.45) is 5.41 Å². The molecule has 1 unspecified atom stereocenters. The van der Waals surface area contributed by atoms with Crippen molar-refractivity contribution in [2.45, 2.75) is 44.2 Å². The molecule has 49 heavy (non-hydrogen) atoms. The van der Waals surface area contributed by atoms with Gasteiger partial charge in [-0.05, 0) is 65.1 Å². The maximum Gasteiger partial charge on any atom is 0.326 e. The zero-order valence-electron chi connectivity index (χ0n) is 27.9. The monoisotopic (exact) mass is 696 g/mol. The zero-order valence-corrected chi connectivity index (χ0v) is 27.7. The van der Waals surface area contributed by atoms with E-state index < -0.39 is 65.6 Å². The molecule has 3 aromatic carbocycles. The number of ether oxygens (including phenoxy) is 3. The minimum Gasteiger partial charge on any atom is -0.486 e. The van der Waals surface area contributed by atoms with Gasteiger partial charge in [0.1, 0.15) is 36.1 Å². The largest absolute Gasteiger partial charge is 0.486 e. The maximum atomic E-state index is 13.7. The van der Waals surface area contributed by atoms with Crippen LogP contribution in [0.1, 0.15) is 45.4 Å². The molecular weight excluding hydrogens is 657 g/mol. The van der Waals surface area contributed by atoms with Crippen molar-refractivity contribution < 1.29 is 49.4 Å². The van der Waals surface area contributed by atoms with Crippen molar-refractivity contribution in [3.63, 3.8) is 0 Å². The highest BCUT2D eigenvalue weighted by Gasteiger charge is 2.49. The van der Waals surface area contributed by atoms with E-state index in [0.29, 0.717) is 41.7 Å². The van der Waals surface area contributed by atoms with Crippen LogP contribution in [0.15, 0.2) is 66.7 Å². The van der Waals surface area contributed by atoms with Gasteiger partial charge in [-0.25, -0.2) is 9.18 Å². The number of hydrogen-bond donors (Lipinski definition) is 4. The number of benzene rings is 3. The number of nitrogens with zero attached hydrogens (tertiary/aromatic N) is 1. The van der Waals surface area contributed by atoms with Crippen LogP contribution in [0.5, 0.6) is 17.2 Å². The number of anilines is 1. The molecule has 0 bridgehead atoms. The molecule has 12 nitrogen and oxygen atoms in total. The van der Waals surface area contributed by atoms with E-state index in [0.717, 1.165) is 5.56 Å². The van der Waals surface area contributed by atoms with Crippen LogP contribution >= 0.6 is 11.8 Å². The summed E-state index contributed by atoms with van der Waals surface area (Å²) < 4.78 is 38.0. The van der Waals surface area contributed by atoms with E-state index in [1.54, 1.807) is 61.2 Å². The average molecular weight is 697 g/mol. The van der Waals surface area contributed by atoms with Crippen molar-refractivity contribution in [2.75, 3.05) is 37.0 Å². The second kappa shape index (κ2) is 15.2. The lowest BCUT2D eigenvalue weighted by Gasteiger charge is -2.47.